The molecule has 0 fully saturated rings. The summed E-state index contributed by atoms with van der Waals surface area (Å²) in [5.74, 6) is 1.02. The van der Waals surface area contributed by atoms with Gasteiger partial charge in [0, 0.05) is 34.8 Å². The third kappa shape index (κ3) is 6.46. The van der Waals surface area contributed by atoms with Crippen molar-refractivity contribution in [1.82, 2.24) is 4.31 Å². The van der Waals surface area contributed by atoms with Gasteiger partial charge in [0.05, 0.1) is 17.7 Å². The monoisotopic (exact) mass is 570 g/mol. The summed E-state index contributed by atoms with van der Waals surface area (Å²) in [5, 5.41) is 3.69. The number of para-hydroxylation sites is 1. The maximum absolute atomic E-state index is 13.2. The number of ether oxygens (including phenoxy) is 2. The van der Waals surface area contributed by atoms with Crippen LogP contribution in [-0.4, -0.2) is 32.8 Å². The van der Waals surface area contributed by atoms with Gasteiger partial charge in [-0.3, -0.25) is 4.79 Å². The molecular formula is C28H24Cl2N2O5S. The Morgan fingerprint density at radius 3 is 2.21 bits per heavy atom. The maximum Gasteiger partial charge on any atom is 0.255 e. The molecule has 7 nitrogen and oxygen atoms in total. The molecule has 4 rings (SSSR count). The number of sulfonamides is 1. The Morgan fingerprint density at radius 2 is 1.53 bits per heavy atom. The van der Waals surface area contributed by atoms with Gasteiger partial charge in [0.2, 0.25) is 10.0 Å². The third-order valence-corrected chi connectivity index (χ3v) is 7.92. The van der Waals surface area contributed by atoms with Crippen LogP contribution in [0.4, 0.5) is 5.69 Å². The Labute approximate surface area is 231 Å². The second-order valence-electron chi connectivity index (χ2n) is 8.25. The topological polar surface area (TPSA) is 84.9 Å². The van der Waals surface area contributed by atoms with Crippen molar-refractivity contribution >= 4 is 44.8 Å². The van der Waals surface area contributed by atoms with Crippen LogP contribution in [0, 0.1) is 0 Å². The van der Waals surface area contributed by atoms with E-state index in [2.05, 4.69) is 5.32 Å². The summed E-state index contributed by atoms with van der Waals surface area (Å²) in [4.78, 5) is 13.3. The van der Waals surface area contributed by atoms with Crippen molar-refractivity contribution in [2.24, 2.45) is 0 Å². The Bertz CT molecular complexity index is 1550. The van der Waals surface area contributed by atoms with Crippen molar-refractivity contribution < 1.29 is 22.7 Å². The van der Waals surface area contributed by atoms with Crippen molar-refractivity contribution in [2.75, 3.05) is 19.5 Å². The van der Waals surface area contributed by atoms with Crippen molar-refractivity contribution in [3.8, 4) is 17.2 Å². The van der Waals surface area contributed by atoms with E-state index >= 15 is 0 Å². The molecule has 10 heteroatoms. The van der Waals surface area contributed by atoms with Crippen LogP contribution in [0.1, 0.15) is 15.9 Å². The van der Waals surface area contributed by atoms with Gasteiger partial charge >= 0.3 is 0 Å². The SMILES string of the molecule is COc1ccc(C(=O)Nc2cc(Cl)ccc2Oc2ccccc2)cc1CN(C)S(=O)(=O)c1ccc(Cl)cc1. The molecule has 0 aromatic heterocycles. The van der Waals surface area contributed by atoms with Crippen LogP contribution in [0.25, 0.3) is 0 Å². The molecule has 38 heavy (non-hydrogen) atoms. The lowest BCUT2D eigenvalue weighted by Gasteiger charge is -2.19. The molecule has 196 valence electrons. The van der Waals surface area contributed by atoms with Crippen molar-refractivity contribution in [3.05, 3.63) is 112 Å². The number of rotatable bonds is 9. The van der Waals surface area contributed by atoms with E-state index in [4.69, 9.17) is 32.7 Å². The summed E-state index contributed by atoms with van der Waals surface area (Å²) < 4.78 is 38.7. The maximum atomic E-state index is 13.2. The molecule has 0 aliphatic heterocycles. The zero-order valence-electron chi connectivity index (χ0n) is 20.5. The van der Waals surface area contributed by atoms with Crippen LogP contribution < -0.4 is 14.8 Å². The molecule has 1 amide bonds. The fourth-order valence-electron chi connectivity index (χ4n) is 3.65. The number of methoxy groups -OCH3 is 1. The molecule has 0 saturated carbocycles. The van der Waals surface area contributed by atoms with Crippen LogP contribution in [0.15, 0.2) is 95.9 Å². The van der Waals surface area contributed by atoms with Crippen LogP contribution in [-0.2, 0) is 16.6 Å². The fourth-order valence-corrected chi connectivity index (χ4v) is 5.10. The predicted octanol–water partition coefficient (Wildman–Crippen LogP) is 6.87. The minimum absolute atomic E-state index is 0.0329. The lowest BCUT2D eigenvalue weighted by atomic mass is 10.1. The van der Waals surface area contributed by atoms with E-state index in [1.807, 2.05) is 18.2 Å². The lowest BCUT2D eigenvalue weighted by Crippen LogP contribution is -2.27. The number of halogens is 2. The highest BCUT2D eigenvalue weighted by atomic mass is 35.5. The molecule has 4 aromatic carbocycles. The molecular weight excluding hydrogens is 547 g/mol. The van der Waals surface area contributed by atoms with Crippen LogP contribution in [0.3, 0.4) is 0 Å². The molecule has 0 unspecified atom stereocenters. The van der Waals surface area contributed by atoms with Gasteiger partial charge in [-0.05, 0) is 72.8 Å². The minimum Gasteiger partial charge on any atom is -0.496 e. The summed E-state index contributed by atoms with van der Waals surface area (Å²) in [6.45, 7) is -0.0329. The van der Waals surface area contributed by atoms with Gasteiger partial charge in [-0.25, -0.2) is 8.42 Å². The number of carbonyl (C=O) groups is 1. The van der Waals surface area contributed by atoms with E-state index in [0.29, 0.717) is 44.1 Å². The minimum atomic E-state index is -3.81. The van der Waals surface area contributed by atoms with Crippen molar-refractivity contribution in [3.63, 3.8) is 0 Å². The largest absolute Gasteiger partial charge is 0.496 e. The quantitative estimate of drug-likeness (QED) is 0.237. The highest BCUT2D eigenvalue weighted by molar-refractivity contribution is 7.89. The summed E-state index contributed by atoms with van der Waals surface area (Å²) in [6, 6.07) is 24.8. The number of hydrogen-bond acceptors (Lipinski definition) is 5. The molecule has 0 atom stereocenters. The van der Waals surface area contributed by atoms with Gasteiger partial charge in [0.1, 0.15) is 11.5 Å². The molecule has 0 bridgehead atoms. The summed E-state index contributed by atoms with van der Waals surface area (Å²) >= 11 is 12.1. The number of amides is 1. The molecule has 1 N–H and O–H groups in total. The van der Waals surface area contributed by atoms with Gasteiger partial charge in [-0.2, -0.15) is 4.31 Å². The number of benzene rings is 4. The molecule has 0 aliphatic carbocycles. The number of carbonyl (C=O) groups excluding carboxylic acids is 1. The van der Waals surface area contributed by atoms with Gasteiger partial charge in [0.15, 0.2) is 5.75 Å². The molecule has 0 radical (unpaired) electrons. The summed E-state index contributed by atoms with van der Waals surface area (Å²) in [5.41, 5.74) is 1.18. The van der Waals surface area contributed by atoms with Gasteiger partial charge < -0.3 is 14.8 Å². The number of nitrogens with one attached hydrogen (secondary N) is 1. The molecule has 4 aromatic rings. The van der Waals surface area contributed by atoms with E-state index < -0.39 is 15.9 Å². The Kier molecular flexibility index (Phi) is 8.58. The first-order valence-electron chi connectivity index (χ1n) is 11.4. The average Bonchev–Trinajstić information content (AvgIpc) is 2.91. The Morgan fingerprint density at radius 1 is 0.868 bits per heavy atom. The predicted molar refractivity (Wildman–Crippen MR) is 149 cm³/mol. The van der Waals surface area contributed by atoms with Crippen LogP contribution in [0.2, 0.25) is 10.0 Å². The first-order valence-corrected chi connectivity index (χ1v) is 13.6. The standard InChI is InChI=1S/C28H24Cl2N2O5S/c1-32(38(34,35)24-12-9-21(29)10-13-24)18-20-16-19(8-14-26(20)36-2)28(33)31-25-17-22(30)11-15-27(25)37-23-6-4-3-5-7-23/h3-17H,18H2,1-2H3,(H,31,33). The summed E-state index contributed by atoms with van der Waals surface area (Å²) in [7, 11) is -0.882. The van der Waals surface area contributed by atoms with E-state index in [0.717, 1.165) is 0 Å². The molecule has 0 saturated heterocycles. The molecule has 0 heterocycles. The van der Waals surface area contributed by atoms with E-state index in [1.165, 1.54) is 42.7 Å². The van der Waals surface area contributed by atoms with Crippen LogP contribution >= 0.6 is 23.2 Å². The van der Waals surface area contributed by atoms with Gasteiger partial charge in [0.25, 0.3) is 5.91 Å². The summed E-state index contributed by atoms with van der Waals surface area (Å²) in [6.07, 6.45) is 0. The van der Waals surface area contributed by atoms with E-state index in [9.17, 15) is 13.2 Å². The normalized spacial score (nSPS) is 11.3. The Hall–Kier alpha value is -3.56. The third-order valence-electron chi connectivity index (χ3n) is 5.62. The van der Waals surface area contributed by atoms with Gasteiger partial charge in [-0.1, -0.05) is 41.4 Å². The van der Waals surface area contributed by atoms with E-state index in [1.54, 1.807) is 48.5 Å². The van der Waals surface area contributed by atoms with Crippen LogP contribution in [0.5, 0.6) is 17.2 Å². The number of anilines is 1. The second kappa shape index (κ2) is 11.9. The number of nitrogens with zero attached hydrogens (tertiary/aromatic N) is 1. The van der Waals surface area contributed by atoms with Gasteiger partial charge in [-0.15, -0.1) is 0 Å². The lowest BCUT2D eigenvalue weighted by molar-refractivity contribution is 0.102. The van der Waals surface area contributed by atoms with E-state index in [-0.39, 0.29) is 11.4 Å². The fraction of sp³-hybridized carbons (Fsp3) is 0.107. The zero-order chi connectivity index (χ0) is 27.3. The molecule has 0 spiro atoms. The highest BCUT2D eigenvalue weighted by Crippen LogP contribution is 2.33. The Balaban J connectivity index is 1.58. The first kappa shape index (κ1) is 27.5. The second-order valence-corrected chi connectivity index (χ2v) is 11.2. The highest BCUT2D eigenvalue weighted by Gasteiger charge is 2.23. The van der Waals surface area contributed by atoms with Crippen molar-refractivity contribution in [2.45, 2.75) is 11.4 Å². The van der Waals surface area contributed by atoms with Crippen molar-refractivity contribution in [1.29, 1.82) is 0 Å². The number of hydrogen-bond donors (Lipinski definition) is 1. The first-order chi connectivity index (χ1) is 18.2. The smallest absolute Gasteiger partial charge is 0.255 e. The zero-order valence-corrected chi connectivity index (χ0v) is 22.8. The molecule has 0 aliphatic rings. The average molecular weight is 571 g/mol.